The zero-order valence-electron chi connectivity index (χ0n) is 12.3. The first-order valence-corrected chi connectivity index (χ1v) is 6.73. The van der Waals surface area contributed by atoms with Crippen LogP contribution >= 0.6 is 11.6 Å². The van der Waals surface area contributed by atoms with Gasteiger partial charge in [-0.05, 0) is 36.5 Å². The van der Waals surface area contributed by atoms with E-state index in [4.69, 9.17) is 16.3 Å². The fraction of sp³-hybridized carbons (Fsp3) is 0.467. The fourth-order valence-electron chi connectivity index (χ4n) is 2.09. The molecule has 1 aromatic rings. The van der Waals surface area contributed by atoms with Crippen LogP contribution in [0.15, 0.2) is 6.07 Å². The molecule has 0 aliphatic heterocycles. The fourth-order valence-corrected chi connectivity index (χ4v) is 2.52. The summed E-state index contributed by atoms with van der Waals surface area (Å²) in [5.74, 6) is -1.82. The number of hydrogen-bond donors (Lipinski definition) is 1. The van der Waals surface area contributed by atoms with E-state index in [1.165, 1.54) is 6.07 Å². The number of esters is 1. The van der Waals surface area contributed by atoms with Gasteiger partial charge in [0.1, 0.15) is 0 Å². The van der Waals surface area contributed by atoms with Crippen LogP contribution in [0.25, 0.3) is 0 Å². The van der Waals surface area contributed by atoms with Gasteiger partial charge < -0.3 is 9.84 Å². The van der Waals surface area contributed by atoms with E-state index in [0.717, 1.165) is 0 Å². The Balaban J connectivity index is 3.74. The lowest BCUT2D eigenvalue weighted by molar-refractivity contribution is 0.0514. The van der Waals surface area contributed by atoms with Crippen molar-refractivity contribution in [1.29, 1.82) is 0 Å². The van der Waals surface area contributed by atoms with Crippen LogP contribution < -0.4 is 0 Å². The van der Waals surface area contributed by atoms with Gasteiger partial charge >= 0.3 is 11.9 Å². The van der Waals surface area contributed by atoms with E-state index in [1.807, 2.05) is 20.8 Å². The van der Waals surface area contributed by atoms with Crippen LogP contribution in [0.3, 0.4) is 0 Å². The lowest BCUT2D eigenvalue weighted by Crippen LogP contribution is -2.22. The molecule has 0 amide bonds. The van der Waals surface area contributed by atoms with Crippen molar-refractivity contribution in [2.24, 2.45) is 0 Å². The Bertz CT molecular complexity index is 556. The third-order valence-electron chi connectivity index (χ3n) is 2.91. The number of halogens is 1. The quantitative estimate of drug-likeness (QED) is 0.862. The van der Waals surface area contributed by atoms with Crippen LogP contribution in [-0.2, 0) is 10.2 Å². The van der Waals surface area contributed by atoms with Gasteiger partial charge in [0.2, 0.25) is 0 Å². The highest BCUT2D eigenvalue weighted by molar-refractivity contribution is 6.33. The minimum absolute atomic E-state index is 0.0474. The maximum absolute atomic E-state index is 12.0. The van der Waals surface area contributed by atoms with Crippen LogP contribution in [0.4, 0.5) is 0 Å². The topological polar surface area (TPSA) is 63.6 Å². The lowest BCUT2D eigenvalue weighted by atomic mass is 9.81. The molecule has 0 aliphatic rings. The molecule has 1 aromatic carbocycles. The molecule has 0 atom stereocenters. The molecule has 0 aliphatic carbocycles. The van der Waals surface area contributed by atoms with Crippen LogP contribution in [0.2, 0.25) is 5.02 Å². The molecule has 4 nitrogen and oxygen atoms in total. The van der Waals surface area contributed by atoms with Crippen molar-refractivity contribution in [2.45, 2.75) is 40.0 Å². The van der Waals surface area contributed by atoms with Crippen molar-refractivity contribution in [3.05, 3.63) is 33.3 Å². The summed E-state index contributed by atoms with van der Waals surface area (Å²) in [7, 11) is 0. The maximum atomic E-state index is 12.0. The molecule has 1 N–H and O–H groups in total. The van der Waals surface area contributed by atoms with Crippen LogP contribution in [0, 0.1) is 6.92 Å². The highest BCUT2D eigenvalue weighted by Gasteiger charge is 2.31. The molecular formula is C15H19ClO4. The first kappa shape index (κ1) is 16.5. The monoisotopic (exact) mass is 298 g/mol. The molecule has 20 heavy (non-hydrogen) atoms. The van der Waals surface area contributed by atoms with E-state index < -0.39 is 17.4 Å². The van der Waals surface area contributed by atoms with Crippen LogP contribution in [0.5, 0.6) is 0 Å². The molecule has 0 bridgehead atoms. The highest BCUT2D eigenvalue weighted by Crippen LogP contribution is 2.37. The Morgan fingerprint density at radius 2 is 1.90 bits per heavy atom. The van der Waals surface area contributed by atoms with Gasteiger partial charge in [0.25, 0.3) is 0 Å². The number of aryl methyl sites for hydroxylation is 1. The van der Waals surface area contributed by atoms with E-state index in [1.54, 1.807) is 13.8 Å². The average molecular weight is 299 g/mol. The van der Waals surface area contributed by atoms with E-state index >= 15 is 0 Å². The molecule has 0 unspecified atom stereocenters. The molecule has 0 heterocycles. The zero-order chi connectivity index (χ0) is 15.7. The molecule has 0 fully saturated rings. The number of carboxylic acids is 1. The number of carbonyl (C=O) groups is 2. The third kappa shape index (κ3) is 3.12. The standard InChI is InChI=1S/C15H19ClO4/c1-6-20-14(19)9-7-8(2)12(16)11(15(3,4)5)10(9)13(17)18/h7H,6H2,1-5H3,(H,17,18). The number of carbonyl (C=O) groups excluding carboxylic acids is 1. The van der Waals surface area contributed by atoms with E-state index in [-0.39, 0.29) is 17.7 Å². The van der Waals surface area contributed by atoms with E-state index in [0.29, 0.717) is 16.1 Å². The molecule has 0 radical (unpaired) electrons. The van der Waals surface area contributed by atoms with Gasteiger partial charge in [0.05, 0.1) is 17.7 Å². The summed E-state index contributed by atoms with van der Waals surface area (Å²) in [5.41, 5.74) is 0.579. The Labute approximate surface area is 123 Å². The summed E-state index contributed by atoms with van der Waals surface area (Å²) in [6.07, 6.45) is 0. The molecule has 0 saturated heterocycles. The molecule has 0 aromatic heterocycles. The largest absolute Gasteiger partial charge is 0.478 e. The Hall–Kier alpha value is -1.55. The zero-order valence-corrected chi connectivity index (χ0v) is 13.1. The second-order valence-electron chi connectivity index (χ2n) is 5.58. The second kappa shape index (κ2) is 5.83. The Morgan fingerprint density at radius 3 is 2.30 bits per heavy atom. The van der Waals surface area contributed by atoms with Gasteiger partial charge in [-0.2, -0.15) is 0 Å². The number of ether oxygens (including phenoxy) is 1. The van der Waals surface area contributed by atoms with E-state index in [9.17, 15) is 14.7 Å². The van der Waals surface area contributed by atoms with Crippen molar-refractivity contribution in [3.63, 3.8) is 0 Å². The number of carboxylic acid groups (broad SMARTS) is 1. The first-order chi connectivity index (χ1) is 9.11. The first-order valence-electron chi connectivity index (χ1n) is 6.35. The van der Waals surface area contributed by atoms with Crippen molar-refractivity contribution < 1.29 is 19.4 Å². The van der Waals surface area contributed by atoms with Crippen LogP contribution in [0.1, 0.15) is 59.5 Å². The Kier molecular flexibility index (Phi) is 4.81. The normalized spacial score (nSPS) is 11.3. The number of aromatic carboxylic acids is 1. The predicted octanol–water partition coefficient (Wildman–Crippen LogP) is 3.82. The van der Waals surface area contributed by atoms with Crippen molar-refractivity contribution in [2.75, 3.05) is 6.61 Å². The van der Waals surface area contributed by atoms with Gasteiger partial charge in [0.15, 0.2) is 0 Å². The van der Waals surface area contributed by atoms with Gasteiger partial charge in [0, 0.05) is 5.02 Å². The predicted molar refractivity (Wildman–Crippen MR) is 77.8 cm³/mol. The lowest BCUT2D eigenvalue weighted by Gasteiger charge is -2.25. The molecule has 0 spiro atoms. The maximum Gasteiger partial charge on any atom is 0.339 e. The second-order valence-corrected chi connectivity index (χ2v) is 5.96. The average Bonchev–Trinajstić information content (AvgIpc) is 2.30. The summed E-state index contributed by atoms with van der Waals surface area (Å²) < 4.78 is 4.94. The van der Waals surface area contributed by atoms with Crippen molar-refractivity contribution >= 4 is 23.5 Å². The number of benzene rings is 1. The summed E-state index contributed by atoms with van der Waals surface area (Å²) in [6, 6.07) is 1.47. The van der Waals surface area contributed by atoms with Gasteiger partial charge in [-0.1, -0.05) is 32.4 Å². The molecule has 0 saturated carbocycles. The summed E-state index contributed by atoms with van der Waals surface area (Å²) in [5, 5.41) is 9.85. The summed E-state index contributed by atoms with van der Waals surface area (Å²) >= 11 is 6.27. The van der Waals surface area contributed by atoms with E-state index in [2.05, 4.69) is 0 Å². The third-order valence-corrected chi connectivity index (χ3v) is 3.39. The summed E-state index contributed by atoms with van der Waals surface area (Å²) in [6.45, 7) is 9.17. The molecule has 110 valence electrons. The highest BCUT2D eigenvalue weighted by atomic mass is 35.5. The molecule has 5 heteroatoms. The van der Waals surface area contributed by atoms with Gasteiger partial charge in [-0.25, -0.2) is 9.59 Å². The Morgan fingerprint density at radius 1 is 1.35 bits per heavy atom. The number of rotatable bonds is 3. The summed E-state index contributed by atoms with van der Waals surface area (Å²) in [4.78, 5) is 23.6. The minimum Gasteiger partial charge on any atom is -0.478 e. The van der Waals surface area contributed by atoms with Gasteiger partial charge in [-0.3, -0.25) is 0 Å². The van der Waals surface area contributed by atoms with Crippen molar-refractivity contribution in [3.8, 4) is 0 Å². The smallest absolute Gasteiger partial charge is 0.339 e. The van der Waals surface area contributed by atoms with Crippen LogP contribution in [-0.4, -0.2) is 23.7 Å². The van der Waals surface area contributed by atoms with Crippen molar-refractivity contribution in [1.82, 2.24) is 0 Å². The molecule has 1 rings (SSSR count). The molecular weight excluding hydrogens is 280 g/mol. The SMILES string of the molecule is CCOC(=O)c1cc(C)c(Cl)c(C(C)(C)C)c1C(=O)O. The van der Waals surface area contributed by atoms with Gasteiger partial charge in [-0.15, -0.1) is 0 Å². The minimum atomic E-state index is -1.18. The number of hydrogen-bond acceptors (Lipinski definition) is 3.